The quantitative estimate of drug-likeness (QED) is 0.0261. The van der Waals surface area contributed by atoms with E-state index < -0.39 is 6.10 Å². The maximum Gasteiger partial charge on any atom is 0.306 e. The number of carbonyl (C=O) groups excluding carboxylic acids is 3. The van der Waals surface area contributed by atoms with Crippen LogP contribution in [0.5, 0.6) is 0 Å². The lowest BCUT2D eigenvalue weighted by molar-refractivity contribution is -0.167. The van der Waals surface area contributed by atoms with E-state index in [0.717, 1.165) is 116 Å². The summed E-state index contributed by atoms with van der Waals surface area (Å²) in [5, 5.41) is 0. The monoisotopic (exact) mass is 1160 g/mol. The second-order valence-electron chi connectivity index (χ2n) is 23.8. The number of ether oxygens (including phenoxy) is 3. The van der Waals surface area contributed by atoms with Crippen LogP contribution in [0, 0.1) is 0 Å². The van der Waals surface area contributed by atoms with Gasteiger partial charge in [-0.25, -0.2) is 0 Å². The van der Waals surface area contributed by atoms with Crippen LogP contribution in [0.25, 0.3) is 0 Å². The fourth-order valence-corrected chi connectivity index (χ4v) is 10.2. The molecule has 0 aromatic rings. The molecule has 1 unspecified atom stereocenters. The Morgan fingerprint density at radius 3 is 0.759 bits per heavy atom. The summed E-state index contributed by atoms with van der Waals surface area (Å²) in [5.41, 5.74) is 0. The molecule has 0 aliphatic carbocycles. The number of rotatable bonds is 65. The number of carbonyl (C=O) groups is 3. The van der Waals surface area contributed by atoms with Gasteiger partial charge in [0.2, 0.25) is 0 Å². The largest absolute Gasteiger partial charge is 0.462 e. The first-order valence-electron chi connectivity index (χ1n) is 35.7. The van der Waals surface area contributed by atoms with Crippen LogP contribution in [0.1, 0.15) is 355 Å². The molecule has 0 aromatic heterocycles. The van der Waals surface area contributed by atoms with Crippen molar-refractivity contribution in [1.82, 2.24) is 0 Å². The van der Waals surface area contributed by atoms with Crippen LogP contribution < -0.4 is 0 Å². The summed E-state index contributed by atoms with van der Waals surface area (Å²) < 4.78 is 17.0. The Kier molecular flexibility index (Phi) is 67.7. The molecule has 6 heteroatoms. The van der Waals surface area contributed by atoms with Gasteiger partial charge in [-0.15, -0.1) is 0 Å². The molecular weight excluding hydrogens is 1020 g/mol. The van der Waals surface area contributed by atoms with Gasteiger partial charge in [-0.3, -0.25) is 14.4 Å². The van der Waals surface area contributed by atoms with E-state index in [4.69, 9.17) is 14.2 Å². The number of esters is 3. The van der Waals surface area contributed by atoms with Crippen LogP contribution in [-0.2, 0) is 28.6 Å². The summed E-state index contributed by atoms with van der Waals surface area (Å²) in [5.74, 6) is -0.877. The van der Waals surface area contributed by atoms with Crippen molar-refractivity contribution in [3.05, 3.63) is 97.2 Å². The lowest BCUT2D eigenvalue weighted by atomic mass is 10.0. The Morgan fingerprint density at radius 1 is 0.253 bits per heavy atom. The second-order valence-corrected chi connectivity index (χ2v) is 23.8. The molecule has 0 amide bonds. The molecule has 0 aliphatic rings. The molecule has 0 saturated carbocycles. The van der Waals surface area contributed by atoms with Crippen LogP contribution in [0.4, 0.5) is 0 Å². The molecule has 0 aliphatic heterocycles. The molecular formula is C77H134O6. The number of hydrogen-bond acceptors (Lipinski definition) is 6. The Hall–Kier alpha value is -3.67. The van der Waals surface area contributed by atoms with Gasteiger partial charge in [-0.05, 0) is 103 Å². The topological polar surface area (TPSA) is 78.9 Å². The molecule has 0 rings (SSSR count). The third-order valence-electron chi connectivity index (χ3n) is 15.6. The zero-order chi connectivity index (χ0) is 59.9. The maximum absolute atomic E-state index is 13.0. The van der Waals surface area contributed by atoms with Gasteiger partial charge in [-0.2, -0.15) is 0 Å². The first kappa shape index (κ1) is 79.3. The van der Waals surface area contributed by atoms with Gasteiger partial charge >= 0.3 is 17.9 Å². The smallest absolute Gasteiger partial charge is 0.306 e. The summed E-state index contributed by atoms with van der Waals surface area (Å²) in [7, 11) is 0. The van der Waals surface area contributed by atoms with Crippen molar-refractivity contribution in [1.29, 1.82) is 0 Å². The van der Waals surface area contributed by atoms with E-state index in [0.29, 0.717) is 19.3 Å². The minimum Gasteiger partial charge on any atom is -0.462 e. The molecule has 0 spiro atoms. The van der Waals surface area contributed by atoms with E-state index in [-0.39, 0.29) is 31.1 Å². The highest BCUT2D eigenvalue weighted by atomic mass is 16.6. The van der Waals surface area contributed by atoms with Gasteiger partial charge in [0.15, 0.2) is 6.10 Å². The molecule has 0 heterocycles. The van der Waals surface area contributed by atoms with Crippen LogP contribution in [-0.4, -0.2) is 37.2 Å². The third kappa shape index (κ3) is 69.0. The number of unbranched alkanes of at least 4 members (excludes halogenated alkanes) is 38. The molecule has 6 nitrogen and oxygen atoms in total. The highest BCUT2D eigenvalue weighted by molar-refractivity contribution is 5.71. The minimum atomic E-state index is -0.787. The molecule has 0 bridgehead atoms. The maximum atomic E-state index is 13.0. The van der Waals surface area contributed by atoms with Crippen LogP contribution >= 0.6 is 0 Å². The fraction of sp³-hybridized carbons (Fsp3) is 0.753. The zero-order valence-electron chi connectivity index (χ0n) is 54.9. The second kappa shape index (κ2) is 70.8. The van der Waals surface area contributed by atoms with Gasteiger partial charge in [0.25, 0.3) is 0 Å². The van der Waals surface area contributed by atoms with Crippen LogP contribution in [0.2, 0.25) is 0 Å². The minimum absolute atomic E-state index is 0.0800. The van der Waals surface area contributed by atoms with E-state index in [9.17, 15) is 14.4 Å². The van der Waals surface area contributed by atoms with Crippen molar-refractivity contribution in [3.8, 4) is 0 Å². The fourth-order valence-electron chi connectivity index (χ4n) is 10.2. The van der Waals surface area contributed by atoms with Gasteiger partial charge in [-0.1, -0.05) is 330 Å². The number of allylic oxidation sites excluding steroid dienone is 16. The average Bonchev–Trinajstić information content (AvgIpc) is 3.50. The van der Waals surface area contributed by atoms with E-state index in [1.54, 1.807) is 0 Å². The van der Waals surface area contributed by atoms with E-state index in [1.165, 1.54) is 199 Å². The van der Waals surface area contributed by atoms with Crippen molar-refractivity contribution in [2.45, 2.75) is 361 Å². The Bertz CT molecular complexity index is 1610. The Balaban J connectivity index is 4.36. The average molecular weight is 1160 g/mol. The molecule has 0 fully saturated rings. The molecule has 0 radical (unpaired) electrons. The predicted molar refractivity (Wildman–Crippen MR) is 362 cm³/mol. The highest BCUT2D eigenvalue weighted by Crippen LogP contribution is 2.18. The summed E-state index contributed by atoms with van der Waals surface area (Å²) in [6.07, 6.45) is 95.7. The van der Waals surface area contributed by atoms with Crippen LogP contribution in [0.15, 0.2) is 97.2 Å². The SMILES string of the molecule is CC/C=C\C/C=C\C/C=C\C/C=C\C/C=C\CCCCCCCCCCCCCC(=O)OCC(COC(=O)CCCCCCCCCCCCCCCCCCCCC)OC(=O)CCCCCCCC/C=C\C/C=C\C/C=C\CCCCC. The lowest BCUT2D eigenvalue weighted by Gasteiger charge is -2.18. The summed E-state index contributed by atoms with van der Waals surface area (Å²) in [4.78, 5) is 38.5. The van der Waals surface area contributed by atoms with Crippen molar-refractivity contribution in [2.75, 3.05) is 13.2 Å². The molecule has 83 heavy (non-hydrogen) atoms. The van der Waals surface area contributed by atoms with Gasteiger partial charge in [0.05, 0.1) is 0 Å². The Morgan fingerprint density at radius 2 is 0.470 bits per heavy atom. The Labute approximate surface area is 515 Å². The number of hydrogen-bond donors (Lipinski definition) is 0. The van der Waals surface area contributed by atoms with Crippen molar-refractivity contribution in [2.24, 2.45) is 0 Å². The van der Waals surface area contributed by atoms with E-state index in [2.05, 4.69) is 118 Å². The zero-order valence-corrected chi connectivity index (χ0v) is 54.9. The van der Waals surface area contributed by atoms with Crippen molar-refractivity contribution >= 4 is 17.9 Å². The summed E-state index contributed by atoms with van der Waals surface area (Å²) >= 11 is 0. The summed E-state index contributed by atoms with van der Waals surface area (Å²) in [6, 6.07) is 0. The van der Waals surface area contributed by atoms with Crippen molar-refractivity contribution in [3.63, 3.8) is 0 Å². The van der Waals surface area contributed by atoms with E-state index in [1.807, 2.05) is 0 Å². The van der Waals surface area contributed by atoms with E-state index >= 15 is 0 Å². The first-order valence-corrected chi connectivity index (χ1v) is 35.7. The van der Waals surface area contributed by atoms with Crippen molar-refractivity contribution < 1.29 is 28.6 Å². The first-order chi connectivity index (χ1) is 41.0. The van der Waals surface area contributed by atoms with Gasteiger partial charge < -0.3 is 14.2 Å². The normalized spacial score (nSPS) is 12.7. The summed E-state index contributed by atoms with van der Waals surface area (Å²) in [6.45, 7) is 6.54. The standard InChI is InChI=1S/C77H134O6/c1-4-7-10-13-16-19-22-25-28-31-34-35-36-37-38-39-40-41-44-46-49-52-55-58-61-64-67-70-76(79)82-73-74(83-77(80)71-68-65-62-59-56-53-50-47-43-33-30-27-24-21-18-15-12-9-6-3)72-81-75(78)69-66-63-60-57-54-51-48-45-42-32-29-26-23-20-17-14-11-8-5-2/h7,10,16,18-19,21,25,27-28,30,34-35,37-38,43,47,74H,4-6,8-9,11-15,17,20,22-24,26,29,31-33,36,39-42,44-46,48-73H2,1-3H3/b10-7-,19-16-,21-18-,28-25-,30-27-,35-34-,38-37-,47-43-. The lowest BCUT2D eigenvalue weighted by Crippen LogP contribution is -2.30. The predicted octanol–water partition coefficient (Wildman–Crippen LogP) is 24.8. The third-order valence-corrected chi connectivity index (χ3v) is 15.6. The molecule has 1 atom stereocenters. The highest BCUT2D eigenvalue weighted by Gasteiger charge is 2.19. The molecule has 478 valence electrons. The molecule has 0 saturated heterocycles. The molecule has 0 N–H and O–H groups in total. The van der Waals surface area contributed by atoms with Gasteiger partial charge in [0.1, 0.15) is 13.2 Å². The van der Waals surface area contributed by atoms with Crippen LogP contribution in [0.3, 0.4) is 0 Å². The van der Waals surface area contributed by atoms with Gasteiger partial charge in [0, 0.05) is 19.3 Å². The molecule has 0 aromatic carbocycles.